The molecule has 1 heterocycles. The summed E-state index contributed by atoms with van der Waals surface area (Å²) in [6, 6.07) is 12.1. The normalized spacial score (nSPS) is 26.9. The molecule has 5 rings (SSSR count). The van der Waals surface area contributed by atoms with E-state index in [2.05, 4.69) is 5.32 Å². The first-order valence-corrected chi connectivity index (χ1v) is 10.4. The van der Waals surface area contributed by atoms with Crippen molar-refractivity contribution in [1.29, 1.82) is 0 Å². The van der Waals surface area contributed by atoms with Gasteiger partial charge in [0.25, 0.3) is 5.91 Å². The zero-order valence-electron chi connectivity index (χ0n) is 17.0. The maximum atomic E-state index is 12.8. The van der Waals surface area contributed by atoms with Crippen molar-refractivity contribution in [3.8, 4) is 0 Å². The summed E-state index contributed by atoms with van der Waals surface area (Å²) >= 11 is 0. The summed E-state index contributed by atoms with van der Waals surface area (Å²) in [5.41, 5.74) is 0.618. The SMILES string of the molecule is C[C@H](C(=O)OCC(=O)Nc1cccc2ccccc12)N1C(=O)[C@@H]2[C@H](C1=O)[C@H]1C=C[C@H]2C1. The molecule has 2 aliphatic carbocycles. The van der Waals surface area contributed by atoms with E-state index in [4.69, 9.17) is 4.74 Å². The minimum absolute atomic E-state index is 0.0751. The number of carbonyl (C=O) groups excluding carboxylic acids is 4. The van der Waals surface area contributed by atoms with E-state index in [1.165, 1.54) is 6.92 Å². The topological polar surface area (TPSA) is 92.8 Å². The zero-order chi connectivity index (χ0) is 21.7. The van der Waals surface area contributed by atoms with Crippen LogP contribution in [0.4, 0.5) is 5.69 Å². The molecule has 3 aliphatic rings. The first-order chi connectivity index (χ1) is 15.0. The van der Waals surface area contributed by atoms with Crippen molar-refractivity contribution in [2.75, 3.05) is 11.9 Å². The van der Waals surface area contributed by atoms with E-state index < -0.39 is 24.5 Å². The van der Waals surface area contributed by atoms with Crippen molar-refractivity contribution in [2.45, 2.75) is 19.4 Å². The molecule has 2 fully saturated rings. The fraction of sp³-hybridized carbons (Fsp3) is 0.333. The molecule has 5 atom stereocenters. The second-order valence-electron chi connectivity index (χ2n) is 8.40. The number of carbonyl (C=O) groups is 4. The minimum atomic E-state index is -1.06. The number of benzene rings is 2. The Labute approximate surface area is 179 Å². The highest BCUT2D eigenvalue weighted by Gasteiger charge is 2.60. The van der Waals surface area contributed by atoms with Crippen molar-refractivity contribution in [3.63, 3.8) is 0 Å². The Hall–Kier alpha value is -3.48. The summed E-state index contributed by atoms with van der Waals surface area (Å²) in [6.45, 7) is 0.972. The molecule has 0 unspecified atom stereocenters. The van der Waals surface area contributed by atoms with Gasteiger partial charge >= 0.3 is 5.97 Å². The number of amides is 3. The Balaban J connectivity index is 1.21. The highest BCUT2D eigenvalue weighted by molar-refractivity contribution is 6.09. The second kappa shape index (κ2) is 7.34. The number of esters is 1. The molecule has 2 aromatic carbocycles. The number of likely N-dealkylation sites (tertiary alicyclic amines) is 1. The van der Waals surface area contributed by atoms with E-state index in [0.29, 0.717) is 5.69 Å². The number of imide groups is 1. The molecule has 0 aromatic heterocycles. The van der Waals surface area contributed by atoms with Gasteiger partial charge in [-0.3, -0.25) is 19.3 Å². The lowest BCUT2D eigenvalue weighted by Gasteiger charge is -2.23. The first kappa shape index (κ1) is 19.5. The number of allylic oxidation sites excluding steroid dienone is 2. The highest BCUT2D eigenvalue weighted by atomic mass is 16.5. The average molecular weight is 418 g/mol. The number of rotatable bonds is 5. The van der Waals surface area contributed by atoms with Gasteiger partial charge in [-0.2, -0.15) is 0 Å². The molecular formula is C24H22N2O5. The molecular weight excluding hydrogens is 396 g/mol. The summed E-state index contributed by atoms with van der Waals surface area (Å²) < 4.78 is 5.14. The van der Waals surface area contributed by atoms with Crippen molar-refractivity contribution in [2.24, 2.45) is 23.7 Å². The van der Waals surface area contributed by atoms with Crippen LogP contribution in [0.5, 0.6) is 0 Å². The molecule has 1 N–H and O–H groups in total. The van der Waals surface area contributed by atoms with Crippen LogP contribution in [-0.2, 0) is 23.9 Å². The van der Waals surface area contributed by atoms with Gasteiger partial charge in [-0.1, -0.05) is 48.6 Å². The number of hydrogen-bond acceptors (Lipinski definition) is 5. The Morgan fingerprint density at radius 1 is 1.03 bits per heavy atom. The van der Waals surface area contributed by atoms with Crippen LogP contribution in [0.3, 0.4) is 0 Å². The van der Waals surface area contributed by atoms with E-state index in [-0.39, 0.29) is 35.5 Å². The molecule has 7 heteroatoms. The standard InChI is InChI=1S/C24H22N2O5/c1-13(26-22(28)20-15-9-10-16(11-15)21(20)23(26)29)24(30)31-12-19(27)25-18-8-4-6-14-5-2-3-7-17(14)18/h2-10,13,15-16,20-21H,11-12H2,1H3,(H,25,27)/t13-,15+,16+,20-,21+/m1/s1. The van der Waals surface area contributed by atoms with E-state index in [1.54, 1.807) is 6.07 Å². The maximum Gasteiger partial charge on any atom is 0.329 e. The Morgan fingerprint density at radius 3 is 2.39 bits per heavy atom. The summed E-state index contributed by atoms with van der Waals surface area (Å²) in [5.74, 6) is -2.46. The summed E-state index contributed by atoms with van der Waals surface area (Å²) in [5, 5.41) is 4.60. The lowest BCUT2D eigenvalue weighted by Crippen LogP contribution is -2.45. The van der Waals surface area contributed by atoms with Gasteiger partial charge in [0, 0.05) is 11.1 Å². The predicted molar refractivity (Wildman–Crippen MR) is 113 cm³/mol. The summed E-state index contributed by atoms with van der Waals surface area (Å²) in [6.07, 6.45) is 4.83. The van der Waals surface area contributed by atoms with E-state index >= 15 is 0 Å². The lowest BCUT2D eigenvalue weighted by molar-refractivity contribution is -0.159. The Morgan fingerprint density at radius 2 is 1.68 bits per heavy atom. The minimum Gasteiger partial charge on any atom is -0.454 e. The fourth-order valence-corrected chi connectivity index (χ4v) is 5.19. The van der Waals surface area contributed by atoms with E-state index in [1.807, 2.05) is 48.6 Å². The first-order valence-electron chi connectivity index (χ1n) is 10.4. The Bertz CT molecular complexity index is 1100. The zero-order valence-corrected chi connectivity index (χ0v) is 17.0. The molecule has 1 aliphatic heterocycles. The maximum absolute atomic E-state index is 12.8. The van der Waals surface area contributed by atoms with Gasteiger partial charge in [0.1, 0.15) is 6.04 Å². The summed E-state index contributed by atoms with van der Waals surface area (Å²) in [7, 11) is 0. The monoisotopic (exact) mass is 418 g/mol. The van der Waals surface area contributed by atoms with Crippen molar-refractivity contribution in [3.05, 3.63) is 54.6 Å². The molecule has 0 spiro atoms. The van der Waals surface area contributed by atoms with Crippen LogP contribution in [0.15, 0.2) is 54.6 Å². The number of ether oxygens (including phenoxy) is 1. The van der Waals surface area contributed by atoms with E-state index in [9.17, 15) is 19.2 Å². The van der Waals surface area contributed by atoms with Gasteiger partial charge in [0.05, 0.1) is 11.8 Å². The van der Waals surface area contributed by atoms with Crippen LogP contribution in [0.1, 0.15) is 13.3 Å². The van der Waals surface area contributed by atoms with Crippen LogP contribution in [0, 0.1) is 23.7 Å². The average Bonchev–Trinajstić information content (AvgIpc) is 3.45. The second-order valence-corrected chi connectivity index (χ2v) is 8.40. The summed E-state index contributed by atoms with van der Waals surface area (Å²) in [4.78, 5) is 51.5. The van der Waals surface area contributed by atoms with Gasteiger partial charge in [-0.25, -0.2) is 4.79 Å². The predicted octanol–water partition coefficient (Wildman–Crippen LogP) is 2.52. The molecule has 31 heavy (non-hydrogen) atoms. The molecule has 0 radical (unpaired) electrons. The van der Waals surface area contributed by atoms with Crippen LogP contribution >= 0.6 is 0 Å². The fourth-order valence-electron chi connectivity index (χ4n) is 5.19. The molecule has 1 saturated carbocycles. The molecule has 158 valence electrons. The van der Waals surface area contributed by atoms with Gasteiger partial charge < -0.3 is 10.1 Å². The van der Waals surface area contributed by atoms with Gasteiger partial charge in [-0.05, 0) is 36.6 Å². The number of fused-ring (bicyclic) bond motifs is 6. The number of nitrogens with one attached hydrogen (secondary N) is 1. The van der Waals surface area contributed by atoms with Gasteiger partial charge in [0.2, 0.25) is 11.8 Å². The van der Waals surface area contributed by atoms with Crippen LogP contribution in [0.25, 0.3) is 10.8 Å². The van der Waals surface area contributed by atoms with Crippen LogP contribution in [-0.4, -0.2) is 41.2 Å². The van der Waals surface area contributed by atoms with Crippen molar-refractivity contribution >= 4 is 40.2 Å². The largest absolute Gasteiger partial charge is 0.454 e. The molecule has 7 nitrogen and oxygen atoms in total. The highest BCUT2D eigenvalue weighted by Crippen LogP contribution is 2.52. The van der Waals surface area contributed by atoms with Gasteiger partial charge in [0.15, 0.2) is 6.61 Å². The smallest absolute Gasteiger partial charge is 0.329 e. The third kappa shape index (κ3) is 3.12. The molecule has 3 amide bonds. The number of anilines is 1. The third-order valence-corrected chi connectivity index (χ3v) is 6.64. The van der Waals surface area contributed by atoms with Crippen molar-refractivity contribution < 1.29 is 23.9 Å². The Kier molecular flexibility index (Phi) is 4.61. The third-order valence-electron chi connectivity index (χ3n) is 6.64. The molecule has 2 bridgehead atoms. The lowest BCUT2D eigenvalue weighted by atomic mass is 9.85. The van der Waals surface area contributed by atoms with Crippen LogP contribution in [0.2, 0.25) is 0 Å². The molecule has 2 aromatic rings. The van der Waals surface area contributed by atoms with Crippen molar-refractivity contribution in [1.82, 2.24) is 4.90 Å². The van der Waals surface area contributed by atoms with Crippen LogP contribution < -0.4 is 5.32 Å². The quantitative estimate of drug-likeness (QED) is 0.458. The van der Waals surface area contributed by atoms with E-state index in [0.717, 1.165) is 22.1 Å². The number of hydrogen-bond donors (Lipinski definition) is 1. The van der Waals surface area contributed by atoms with Gasteiger partial charge in [-0.15, -0.1) is 0 Å². The number of nitrogens with zero attached hydrogens (tertiary/aromatic N) is 1. The molecule has 1 saturated heterocycles.